The molecule has 1 saturated heterocycles. The van der Waals surface area contributed by atoms with Gasteiger partial charge in [0.15, 0.2) is 0 Å². The molecule has 5 heteroatoms. The first-order valence-corrected chi connectivity index (χ1v) is 5.93. The van der Waals surface area contributed by atoms with E-state index in [1.165, 1.54) is 0 Å². The Morgan fingerprint density at radius 1 is 1.59 bits per heavy atom. The van der Waals surface area contributed by atoms with Crippen LogP contribution in [0.3, 0.4) is 0 Å². The van der Waals surface area contributed by atoms with Crippen LogP contribution in [0.4, 0.5) is 0 Å². The zero-order valence-corrected chi connectivity index (χ0v) is 9.75. The van der Waals surface area contributed by atoms with Gasteiger partial charge in [0.25, 0.3) is 0 Å². The number of hydrogen-bond donors (Lipinski definition) is 1. The molecule has 0 amide bonds. The van der Waals surface area contributed by atoms with Gasteiger partial charge in [-0.1, -0.05) is 0 Å². The molecule has 1 aliphatic heterocycles. The lowest BCUT2D eigenvalue weighted by molar-refractivity contribution is -0.138. The molecule has 0 aliphatic carbocycles. The highest BCUT2D eigenvalue weighted by Gasteiger charge is 2.22. The molecule has 1 aromatic heterocycles. The SMILES string of the molecule is O=C(O)CC1CCCN(Cc2ccncn2)C1. The fourth-order valence-corrected chi connectivity index (χ4v) is 2.35. The number of carbonyl (C=O) groups is 1. The van der Waals surface area contributed by atoms with Crippen LogP contribution in [0.5, 0.6) is 0 Å². The Morgan fingerprint density at radius 3 is 3.18 bits per heavy atom. The molecule has 5 nitrogen and oxygen atoms in total. The van der Waals surface area contributed by atoms with Gasteiger partial charge in [-0.3, -0.25) is 9.69 Å². The Morgan fingerprint density at radius 2 is 2.47 bits per heavy atom. The van der Waals surface area contributed by atoms with Gasteiger partial charge < -0.3 is 5.11 Å². The Labute approximate surface area is 100 Å². The molecule has 1 aromatic rings. The molecular weight excluding hydrogens is 218 g/mol. The van der Waals surface area contributed by atoms with Gasteiger partial charge in [0.2, 0.25) is 0 Å². The second-order valence-electron chi connectivity index (χ2n) is 4.54. The van der Waals surface area contributed by atoms with Gasteiger partial charge >= 0.3 is 5.97 Å². The number of aliphatic carboxylic acids is 1. The summed E-state index contributed by atoms with van der Waals surface area (Å²) in [6.45, 7) is 2.68. The fraction of sp³-hybridized carbons (Fsp3) is 0.583. The monoisotopic (exact) mass is 235 g/mol. The molecule has 1 aliphatic rings. The van der Waals surface area contributed by atoms with Crippen molar-refractivity contribution in [2.45, 2.75) is 25.8 Å². The molecule has 1 fully saturated rings. The van der Waals surface area contributed by atoms with Crippen molar-refractivity contribution in [2.24, 2.45) is 5.92 Å². The van der Waals surface area contributed by atoms with Gasteiger partial charge in [0.1, 0.15) is 6.33 Å². The fourth-order valence-electron chi connectivity index (χ4n) is 2.35. The van der Waals surface area contributed by atoms with Crippen LogP contribution >= 0.6 is 0 Å². The van der Waals surface area contributed by atoms with Crippen LogP contribution in [-0.4, -0.2) is 39.0 Å². The molecular formula is C12H17N3O2. The van der Waals surface area contributed by atoms with Crippen LogP contribution in [-0.2, 0) is 11.3 Å². The van der Waals surface area contributed by atoms with Crippen molar-refractivity contribution >= 4 is 5.97 Å². The van der Waals surface area contributed by atoms with E-state index in [9.17, 15) is 4.79 Å². The largest absolute Gasteiger partial charge is 0.481 e. The van der Waals surface area contributed by atoms with Gasteiger partial charge in [0.05, 0.1) is 5.69 Å². The summed E-state index contributed by atoms with van der Waals surface area (Å²) in [6, 6.07) is 1.90. The smallest absolute Gasteiger partial charge is 0.303 e. The first-order chi connectivity index (χ1) is 8.24. The first kappa shape index (κ1) is 12.0. The standard InChI is InChI=1S/C12H17N3O2/c16-12(17)6-10-2-1-5-15(7-10)8-11-3-4-13-9-14-11/h3-4,9-10H,1-2,5-8H2,(H,16,17). The molecule has 1 unspecified atom stereocenters. The number of nitrogens with zero attached hydrogens (tertiary/aromatic N) is 3. The quantitative estimate of drug-likeness (QED) is 0.848. The van der Waals surface area contributed by atoms with Crippen molar-refractivity contribution in [3.63, 3.8) is 0 Å². The molecule has 17 heavy (non-hydrogen) atoms. The maximum atomic E-state index is 10.7. The van der Waals surface area contributed by atoms with Crippen molar-refractivity contribution in [1.82, 2.24) is 14.9 Å². The Hall–Kier alpha value is -1.49. The van der Waals surface area contributed by atoms with Crippen LogP contribution in [0.25, 0.3) is 0 Å². The van der Waals surface area contributed by atoms with Crippen LogP contribution in [0.2, 0.25) is 0 Å². The first-order valence-electron chi connectivity index (χ1n) is 5.93. The predicted octanol–water partition coefficient (Wildman–Crippen LogP) is 1.16. The van der Waals surface area contributed by atoms with Gasteiger partial charge in [-0.05, 0) is 31.4 Å². The molecule has 0 spiro atoms. The molecule has 0 radical (unpaired) electrons. The molecule has 1 atom stereocenters. The number of piperidine rings is 1. The number of rotatable bonds is 4. The van der Waals surface area contributed by atoms with E-state index in [1.54, 1.807) is 12.5 Å². The second-order valence-corrected chi connectivity index (χ2v) is 4.54. The van der Waals surface area contributed by atoms with Crippen molar-refractivity contribution < 1.29 is 9.90 Å². The van der Waals surface area contributed by atoms with Crippen molar-refractivity contribution in [2.75, 3.05) is 13.1 Å². The summed E-state index contributed by atoms with van der Waals surface area (Å²) >= 11 is 0. The van der Waals surface area contributed by atoms with E-state index in [0.29, 0.717) is 0 Å². The number of likely N-dealkylation sites (tertiary alicyclic amines) is 1. The van der Waals surface area contributed by atoms with Crippen molar-refractivity contribution in [3.05, 3.63) is 24.3 Å². The average molecular weight is 235 g/mol. The van der Waals surface area contributed by atoms with E-state index in [1.807, 2.05) is 6.07 Å². The van der Waals surface area contributed by atoms with E-state index in [-0.39, 0.29) is 12.3 Å². The highest BCUT2D eigenvalue weighted by Crippen LogP contribution is 2.20. The average Bonchev–Trinajstić information content (AvgIpc) is 2.30. The number of carboxylic acid groups (broad SMARTS) is 1. The van der Waals surface area contributed by atoms with Crippen LogP contribution in [0.1, 0.15) is 25.0 Å². The topological polar surface area (TPSA) is 66.3 Å². The van der Waals surface area contributed by atoms with E-state index < -0.39 is 5.97 Å². The van der Waals surface area contributed by atoms with E-state index in [0.717, 1.165) is 38.2 Å². The molecule has 0 aromatic carbocycles. The van der Waals surface area contributed by atoms with Crippen LogP contribution in [0, 0.1) is 5.92 Å². The summed E-state index contributed by atoms with van der Waals surface area (Å²) in [4.78, 5) is 21.0. The van der Waals surface area contributed by atoms with Gasteiger partial charge in [-0.2, -0.15) is 0 Å². The predicted molar refractivity (Wildman–Crippen MR) is 62.3 cm³/mol. The van der Waals surface area contributed by atoms with Crippen molar-refractivity contribution in [3.8, 4) is 0 Å². The third kappa shape index (κ3) is 3.78. The summed E-state index contributed by atoms with van der Waals surface area (Å²) in [5.41, 5.74) is 0.996. The summed E-state index contributed by atoms with van der Waals surface area (Å²) < 4.78 is 0. The van der Waals surface area contributed by atoms with E-state index in [2.05, 4.69) is 14.9 Å². The zero-order valence-electron chi connectivity index (χ0n) is 9.75. The molecule has 2 rings (SSSR count). The lowest BCUT2D eigenvalue weighted by Crippen LogP contribution is -2.35. The van der Waals surface area contributed by atoms with E-state index in [4.69, 9.17) is 5.11 Å². The number of aromatic nitrogens is 2. The van der Waals surface area contributed by atoms with E-state index >= 15 is 0 Å². The minimum absolute atomic E-state index is 0.278. The summed E-state index contributed by atoms with van der Waals surface area (Å²) in [7, 11) is 0. The summed E-state index contributed by atoms with van der Waals surface area (Å²) in [5, 5.41) is 8.80. The third-order valence-electron chi connectivity index (χ3n) is 3.10. The summed E-state index contributed by atoms with van der Waals surface area (Å²) in [5.74, 6) is -0.415. The second kappa shape index (κ2) is 5.72. The van der Waals surface area contributed by atoms with Gasteiger partial charge in [-0.25, -0.2) is 9.97 Å². The maximum Gasteiger partial charge on any atom is 0.303 e. The maximum absolute atomic E-state index is 10.7. The minimum atomic E-state index is -0.695. The Bertz CT molecular complexity index is 369. The number of hydrogen-bond acceptors (Lipinski definition) is 4. The molecule has 0 saturated carbocycles. The van der Waals surface area contributed by atoms with Crippen LogP contribution < -0.4 is 0 Å². The van der Waals surface area contributed by atoms with Crippen LogP contribution in [0.15, 0.2) is 18.6 Å². The molecule has 92 valence electrons. The Balaban J connectivity index is 1.87. The highest BCUT2D eigenvalue weighted by molar-refractivity contribution is 5.67. The summed E-state index contributed by atoms with van der Waals surface area (Å²) in [6.07, 6.45) is 5.66. The number of carboxylic acids is 1. The van der Waals surface area contributed by atoms with Crippen molar-refractivity contribution in [1.29, 1.82) is 0 Å². The third-order valence-corrected chi connectivity index (χ3v) is 3.10. The molecule has 1 N–H and O–H groups in total. The lowest BCUT2D eigenvalue weighted by Gasteiger charge is -2.31. The normalized spacial score (nSPS) is 21.3. The van der Waals surface area contributed by atoms with Gasteiger partial charge in [-0.15, -0.1) is 0 Å². The molecule has 2 heterocycles. The lowest BCUT2D eigenvalue weighted by atomic mass is 9.95. The highest BCUT2D eigenvalue weighted by atomic mass is 16.4. The molecule has 0 bridgehead atoms. The van der Waals surface area contributed by atoms with Gasteiger partial charge in [0, 0.05) is 25.7 Å². The minimum Gasteiger partial charge on any atom is -0.481 e. The zero-order chi connectivity index (χ0) is 12.1. The Kier molecular flexibility index (Phi) is 4.03.